The maximum atomic E-state index is 6.10. The molecule has 0 aromatic carbocycles. The van der Waals surface area contributed by atoms with Gasteiger partial charge in [0.1, 0.15) is 18.5 Å². The average Bonchev–Trinajstić information content (AvgIpc) is 2.85. The van der Waals surface area contributed by atoms with Gasteiger partial charge in [0.2, 0.25) is 0 Å². The number of hydrogen-bond acceptors (Lipinski definition) is 5. The Hall–Kier alpha value is -2.11. The maximum Gasteiger partial charge on any atom is 0.151 e. The molecule has 0 aliphatic heterocycles. The number of nitrogens with zero attached hydrogens (tertiary/aromatic N) is 4. The van der Waals surface area contributed by atoms with E-state index in [0.717, 1.165) is 66.1 Å². The van der Waals surface area contributed by atoms with Crippen LogP contribution < -0.4 is 5.73 Å². The molecule has 0 aliphatic rings. The van der Waals surface area contributed by atoms with Gasteiger partial charge in [0.05, 0.1) is 11.2 Å². The van der Waals surface area contributed by atoms with Crippen LogP contribution in [0.1, 0.15) is 50.2 Å². The van der Waals surface area contributed by atoms with E-state index < -0.39 is 0 Å². The number of pyridine rings is 1. The van der Waals surface area contributed by atoms with Crippen molar-refractivity contribution >= 4 is 22.6 Å². The van der Waals surface area contributed by atoms with Gasteiger partial charge >= 0.3 is 0 Å². The fourth-order valence-electron chi connectivity index (χ4n) is 2.90. The van der Waals surface area contributed by atoms with E-state index in [1.165, 1.54) is 0 Å². The Balaban J connectivity index is 2.39. The van der Waals surface area contributed by atoms with E-state index in [-0.39, 0.29) is 0 Å². The Bertz CT molecular complexity index is 718. The molecule has 0 unspecified atom stereocenters. The molecule has 0 aliphatic carbocycles. The Labute approximate surface area is 137 Å². The molecular formula is C17H27N5O. The first-order valence-corrected chi connectivity index (χ1v) is 8.18. The van der Waals surface area contributed by atoms with Crippen molar-refractivity contribution in [3.8, 4) is 0 Å². The highest BCUT2D eigenvalue weighted by molar-refractivity contribution is 5.88. The fourth-order valence-corrected chi connectivity index (χ4v) is 2.90. The number of aromatic nitrogens is 3. The lowest BCUT2D eigenvalue weighted by atomic mass is 10.1. The monoisotopic (exact) mass is 317 g/mol. The van der Waals surface area contributed by atoms with Crippen molar-refractivity contribution in [2.24, 2.45) is 5.16 Å². The van der Waals surface area contributed by atoms with Crippen molar-refractivity contribution in [2.75, 3.05) is 12.8 Å². The summed E-state index contributed by atoms with van der Waals surface area (Å²) in [6, 6.07) is 0. The van der Waals surface area contributed by atoms with E-state index in [0.29, 0.717) is 5.82 Å². The van der Waals surface area contributed by atoms with Crippen LogP contribution in [-0.4, -0.2) is 27.4 Å². The quantitative estimate of drug-likeness (QED) is 0.627. The van der Waals surface area contributed by atoms with Gasteiger partial charge in [0.25, 0.3) is 0 Å². The largest absolute Gasteiger partial charge is 0.399 e. The van der Waals surface area contributed by atoms with Crippen LogP contribution in [0.25, 0.3) is 11.0 Å². The number of hydrogen-bond donors (Lipinski definition) is 1. The van der Waals surface area contributed by atoms with Gasteiger partial charge < -0.3 is 15.1 Å². The van der Waals surface area contributed by atoms with Crippen molar-refractivity contribution in [3.05, 3.63) is 17.1 Å². The molecule has 23 heavy (non-hydrogen) atoms. The van der Waals surface area contributed by atoms with Crippen molar-refractivity contribution in [1.29, 1.82) is 0 Å². The van der Waals surface area contributed by atoms with Crippen LogP contribution in [0.15, 0.2) is 5.16 Å². The minimum absolute atomic E-state index is 0.524. The number of nitrogens with two attached hydrogens (primary N) is 1. The Kier molecular flexibility index (Phi) is 5.58. The summed E-state index contributed by atoms with van der Waals surface area (Å²) in [5, 5.41) is 3.97. The number of aryl methyl sites for hydroxylation is 4. The molecule has 0 radical (unpaired) electrons. The lowest BCUT2D eigenvalue weighted by molar-refractivity contribution is 0.212. The fraction of sp³-hybridized carbons (Fsp3) is 0.588. The summed E-state index contributed by atoms with van der Waals surface area (Å²) in [5.74, 6) is 1.61. The number of anilines is 1. The lowest BCUT2D eigenvalue weighted by Gasteiger charge is -2.11. The number of oxime groups is 1. The van der Waals surface area contributed by atoms with Gasteiger partial charge in [0.15, 0.2) is 5.82 Å². The standard InChI is InChI=1S/C17H27N5O/c1-6-8-14-20-15-16(12(3)13(4)19-17(15)18)22(14)10-7-9-11(2)21-23-5/h6-10H2,1-5H3,(H2,18,19). The van der Waals surface area contributed by atoms with Gasteiger partial charge in [-0.1, -0.05) is 12.1 Å². The first kappa shape index (κ1) is 17.2. The van der Waals surface area contributed by atoms with Crippen LogP contribution in [0.2, 0.25) is 0 Å². The van der Waals surface area contributed by atoms with E-state index in [4.69, 9.17) is 15.6 Å². The third-order valence-electron chi connectivity index (χ3n) is 4.12. The molecule has 0 saturated carbocycles. The van der Waals surface area contributed by atoms with Crippen molar-refractivity contribution in [2.45, 2.75) is 59.9 Å². The summed E-state index contributed by atoms with van der Waals surface area (Å²) in [7, 11) is 1.58. The minimum Gasteiger partial charge on any atom is -0.399 e. The smallest absolute Gasteiger partial charge is 0.151 e. The zero-order chi connectivity index (χ0) is 17.0. The second-order valence-electron chi connectivity index (χ2n) is 5.95. The predicted molar refractivity (Wildman–Crippen MR) is 94.8 cm³/mol. The van der Waals surface area contributed by atoms with Crippen molar-refractivity contribution in [1.82, 2.24) is 14.5 Å². The second kappa shape index (κ2) is 7.44. The molecule has 0 atom stereocenters. The maximum absolute atomic E-state index is 6.10. The Morgan fingerprint density at radius 2 is 2.04 bits per heavy atom. The first-order chi connectivity index (χ1) is 11.0. The highest BCUT2D eigenvalue weighted by atomic mass is 16.6. The molecule has 0 saturated heterocycles. The van der Waals surface area contributed by atoms with Gasteiger partial charge in [-0.2, -0.15) is 0 Å². The summed E-state index contributed by atoms with van der Waals surface area (Å²) in [5.41, 5.74) is 11.2. The molecule has 6 heteroatoms. The topological polar surface area (TPSA) is 78.3 Å². The van der Waals surface area contributed by atoms with Gasteiger partial charge in [0, 0.05) is 18.7 Å². The zero-order valence-corrected chi connectivity index (χ0v) is 14.8. The van der Waals surface area contributed by atoms with E-state index in [1.807, 2.05) is 13.8 Å². The van der Waals surface area contributed by atoms with Gasteiger partial charge in [-0.3, -0.25) is 0 Å². The molecule has 0 bridgehead atoms. The highest BCUT2D eigenvalue weighted by Crippen LogP contribution is 2.27. The normalized spacial score (nSPS) is 12.1. The number of nitrogen functional groups attached to an aromatic ring is 1. The average molecular weight is 317 g/mol. The minimum atomic E-state index is 0.524. The molecule has 2 heterocycles. The first-order valence-electron chi connectivity index (χ1n) is 8.18. The number of rotatable bonds is 7. The van der Waals surface area contributed by atoms with Crippen LogP contribution in [0.5, 0.6) is 0 Å². The van der Waals surface area contributed by atoms with Crippen LogP contribution in [0, 0.1) is 13.8 Å². The van der Waals surface area contributed by atoms with Gasteiger partial charge in [-0.25, -0.2) is 9.97 Å². The summed E-state index contributed by atoms with van der Waals surface area (Å²) in [6.45, 7) is 9.14. The number of fused-ring (bicyclic) bond motifs is 1. The SMILES string of the molecule is CCCc1nc2c(N)nc(C)c(C)c2n1CCCC(C)=NOC. The third kappa shape index (κ3) is 3.63. The van der Waals surface area contributed by atoms with Gasteiger partial charge in [-0.15, -0.1) is 0 Å². The van der Waals surface area contributed by atoms with E-state index >= 15 is 0 Å². The zero-order valence-electron chi connectivity index (χ0n) is 14.8. The summed E-state index contributed by atoms with van der Waals surface area (Å²) in [6.07, 6.45) is 3.88. The molecular weight excluding hydrogens is 290 g/mol. The Morgan fingerprint density at radius 3 is 2.70 bits per heavy atom. The summed E-state index contributed by atoms with van der Waals surface area (Å²) in [4.78, 5) is 14.0. The summed E-state index contributed by atoms with van der Waals surface area (Å²) < 4.78 is 2.30. The summed E-state index contributed by atoms with van der Waals surface area (Å²) >= 11 is 0. The highest BCUT2D eigenvalue weighted by Gasteiger charge is 2.16. The van der Waals surface area contributed by atoms with E-state index in [2.05, 4.69) is 28.6 Å². The predicted octanol–water partition coefficient (Wildman–Crippen LogP) is 3.39. The van der Waals surface area contributed by atoms with Crippen LogP contribution in [0.4, 0.5) is 5.82 Å². The van der Waals surface area contributed by atoms with E-state index in [1.54, 1.807) is 7.11 Å². The molecule has 2 N–H and O–H groups in total. The van der Waals surface area contributed by atoms with Gasteiger partial charge in [-0.05, 0) is 45.6 Å². The third-order valence-corrected chi connectivity index (χ3v) is 4.12. The number of imidazole rings is 1. The van der Waals surface area contributed by atoms with Crippen molar-refractivity contribution < 1.29 is 4.84 Å². The molecule has 126 valence electrons. The second-order valence-corrected chi connectivity index (χ2v) is 5.95. The molecule has 0 amide bonds. The lowest BCUT2D eigenvalue weighted by Crippen LogP contribution is -2.07. The molecule has 0 spiro atoms. The molecule has 6 nitrogen and oxygen atoms in total. The van der Waals surface area contributed by atoms with Crippen molar-refractivity contribution in [3.63, 3.8) is 0 Å². The van der Waals surface area contributed by atoms with E-state index in [9.17, 15) is 0 Å². The Morgan fingerprint density at radius 1 is 1.30 bits per heavy atom. The van der Waals surface area contributed by atoms with Crippen LogP contribution in [0.3, 0.4) is 0 Å². The molecule has 2 aromatic rings. The molecule has 2 rings (SSSR count). The van der Waals surface area contributed by atoms with Crippen LogP contribution >= 0.6 is 0 Å². The molecule has 0 fully saturated rings. The molecule has 2 aromatic heterocycles. The van der Waals surface area contributed by atoms with Crippen LogP contribution in [-0.2, 0) is 17.8 Å².